The van der Waals surface area contributed by atoms with E-state index in [0.717, 1.165) is 50.2 Å². The number of benzene rings is 1. The molecule has 1 aromatic carbocycles. The van der Waals surface area contributed by atoms with Gasteiger partial charge in [0.1, 0.15) is 0 Å². The van der Waals surface area contributed by atoms with E-state index in [9.17, 15) is 4.79 Å². The van der Waals surface area contributed by atoms with Gasteiger partial charge in [0.2, 0.25) is 5.91 Å². The molecule has 6 heteroatoms. The van der Waals surface area contributed by atoms with Gasteiger partial charge in [-0.3, -0.25) is 9.69 Å². The molecule has 2 aromatic rings. The third kappa shape index (κ3) is 4.69. The zero-order chi connectivity index (χ0) is 19.3. The smallest absolute Gasteiger partial charge is 0.234 e. The first-order valence-corrected chi connectivity index (χ1v) is 10.1. The summed E-state index contributed by atoms with van der Waals surface area (Å²) in [5.74, 6) is 0.0829. The second kappa shape index (κ2) is 8.71. The van der Waals surface area contributed by atoms with Gasteiger partial charge in [-0.25, -0.2) is 4.68 Å². The molecule has 0 saturated carbocycles. The normalized spacial score (nSPS) is 20.2. The van der Waals surface area contributed by atoms with Gasteiger partial charge in [0.25, 0.3) is 0 Å². The summed E-state index contributed by atoms with van der Waals surface area (Å²) in [6.07, 6.45) is 9.50. The van der Waals surface area contributed by atoms with Crippen LogP contribution < -0.4 is 5.32 Å². The van der Waals surface area contributed by atoms with Crippen LogP contribution in [0.25, 0.3) is 11.3 Å². The Hall–Kier alpha value is -2.44. The molecule has 0 spiro atoms. The van der Waals surface area contributed by atoms with Gasteiger partial charge in [-0.15, -0.1) is 0 Å². The van der Waals surface area contributed by atoms with Crippen molar-refractivity contribution in [3.63, 3.8) is 0 Å². The fraction of sp³-hybridized carbons (Fsp3) is 0.455. The summed E-state index contributed by atoms with van der Waals surface area (Å²) in [4.78, 5) is 14.3. The number of aromatic nitrogens is 2. The molecule has 1 amide bonds. The maximum Gasteiger partial charge on any atom is 0.234 e. The molecular weight excluding hydrogens is 352 g/mol. The van der Waals surface area contributed by atoms with E-state index >= 15 is 0 Å². The Bertz CT molecular complexity index is 834. The van der Waals surface area contributed by atoms with E-state index in [1.54, 1.807) is 0 Å². The molecule has 1 aromatic heterocycles. The molecule has 6 nitrogen and oxygen atoms in total. The maximum atomic E-state index is 12.2. The molecule has 2 aliphatic heterocycles. The molecule has 0 aliphatic carbocycles. The molecule has 1 fully saturated rings. The third-order valence-electron chi connectivity index (χ3n) is 5.46. The van der Waals surface area contributed by atoms with Crippen molar-refractivity contribution < 1.29 is 9.53 Å². The van der Waals surface area contributed by atoms with E-state index < -0.39 is 0 Å². The van der Waals surface area contributed by atoms with Gasteiger partial charge in [-0.1, -0.05) is 23.8 Å². The minimum atomic E-state index is 0.0829. The first-order chi connectivity index (χ1) is 13.7. The number of carbonyl (C=O) groups is 1. The van der Waals surface area contributed by atoms with Crippen LogP contribution in [0.5, 0.6) is 0 Å². The lowest BCUT2D eigenvalue weighted by atomic mass is 10.0. The number of amides is 1. The Morgan fingerprint density at radius 2 is 2.18 bits per heavy atom. The number of hydrogen-bond acceptors (Lipinski definition) is 4. The lowest BCUT2D eigenvalue weighted by Crippen LogP contribution is -2.41. The molecule has 148 valence electrons. The third-order valence-corrected chi connectivity index (χ3v) is 5.46. The summed E-state index contributed by atoms with van der Waals surface area (Å²) >= 11 is 0. The van der Waals surface area contributed by atoms with E-state index in [-0.39, 0.29) is 12.0 Å². The second-order valence-electron chi connectivity index (χ2n) is 7.66. The topological polar surface area (TPSA) is 59.4 Å². The monoisotopic (exact) mass is 380 g/mol. The second-order valence-corrected chi connectivity index (χ2v) is 7.66. The zero-order valence-corrected chi connectivity index (χ0v) is 16.4. The van der Waals surface area contributed by atoms with Crippen molar-refractivity contribution in [3.05, 3.63) is 53.9 Å². The minimum Gasteiger partial charge on any atom is -0.376 e. The van der Waals surface area contributed by atoms with Gasteiger partial charge in [0.05, 0.1) is 24.5 Å². The molecule has 2 aliphatic rings. The average molecular weight is 380 g/mol. The number of nitrogens with zero attached hydrogens (tertiary/aromatic N) is 3. The molecule has 0 bridgehead atoms. The maximum absolute atomic E-state index is 12.2. The molecule has 4 rings (SSSR count). The number of hydrogen-bond donors (Lipinski definition) is 1. The van der Waals surface area contributed by atoms with E-state index in [2.05, 4.69) is 58.8 Å². The number of carbonyl (C=O) groups excluding carboxylic acids is 1. The number of ether oxygens (including phenoxy) is 1. The van der Waals surface area contributed by atoms with Gasteiger partial charge in [0.15, 0.2) is 0 Å². The molecule has 3 heterocycles. The van der Waals surface area contributed by atoms with Crippen LogP contribution in [0.4, 0.5) is 0 Å². The molecule has 28 heavy (non-hydrogen) atoms. The van der Waals surface area contributed by atoms with Crippen LogP contribution in [0.3, 0.4) is 0 Å². The summed E-state index contributed by atoms with van der Waals surface area (Å²) in [6.45, 7) is 5.65. The highest BCUT2D eigenvalue weighted by molar-refractivity contribution is 5.78. The number of nitrogens with one attached hydrogen (secondary N) is 1. The number of rotatable bonds is 6. The summed E-state index contributed by atoms with van der Waals surface area (Å²) in [5, 5.41) is 7.51. The van der Waals surface area contributed by atoms with Crippen LogP contribution in [0, 0.1) is 6.92 Å². The minimum absolute atomic E-state index is 0.0829. The number of aryl methyl sites for hydroxylation is 1. The van der Waals surface area contributed by atoms with Crippen LogP contribution >= 0.6 is 0 Å². The quantitative estimate of drug-likeness (QED) is 0.837. The predicted octanol–water partition coefficient (Wildman–Crippen LogP) is 2.57. The molecule has 1 N–H and O–H groups in total. The highest BCUT2D eigenvalue weighted by Gasteiger charge is 2.19. The van der Waals surface area contributed by atoms with Crippen LogP contribution in [0.15, 0.2) is 42.7 Å². The molecular formula is C22H28N4O2. The van der Waals surface area contributed by atoms with Crippen molar-refractivity contribution >= 4 is 11.5 Å². The summed E-state index contributed by atoms with van der Waals surface area (Å²) in [7, 11) is 0. The molecule has 1 saturated heterocycles. The first kappa shape index (κ1) is 18.9. The van der Waals surface area contributed by atoms with Gasteiger partial charge >= 0.3 is 0 Å². The average Bonchev–Trinajstić information content (AvgIpc) is 3.40. The fourth-order valence-electron chi connectivity index (χ4n) is 3.74. The highest BCUT2D eigenvalue weighted by Crippen LogP contribution is 2.23. The molecule has 1 unspecified atom stereocenters. The predicted molar refractivity (Wildman–Crippen MR) is 109 cm³/mol. The van der Waals surface area contributed by atoms with Crippen molar-refractivity contribution in [2.24, 2.45) is 0 Å². The van der Waals surface area contributed by atoms with Crippen molar-refractivity contribution in [2.45, 2.75) is 32.3 Å². The van der Waals surface area contributed by atoms with Crippen LogP contribution in [-0.4, -0.2) is 59.5 Å². The van der Waals surface area contributed by atoms with Crippen molar-refractivity contribution in [3.8, 4) is 5.69 Å². The Balaban J connectivity index is 1.29. The lowest BCUT2D eigenvalue weighted by molar-refractivity contribution is -0.122. The summed E-state index contributed by atoms with van der Waals surface area (Å²) in [6, 6.07) is 8.35. The van der Waals surface area contributed by atoms with Crippen LogP contribution in [-0.2, 0) is 9.53 Å². The van der Waals surface area contributed by atoms with Gasteiger partial charge < -0.3 is 10.1 Å². The van der Waals surface area contributed by atoms with E-state index in [0.29, 0.717) is 13.1 Å². The largest absolute Gasteiger partial charge is 0.376 e. The van der Waals surface area contributed by atoms with Crippen molar-refractivity contribution in [1.82, 2.24) is 20.0 Å². The standard InChI is InChI=1S/C22H28N4O2/c1-17-4-6-20(7-5-17)26-15-19(13-24-26)18-8-10-25(11-9-18)16-22(27)23-14-21-3-2-12-28-21/h4-8,13,15,21H,2-3,9-12,14,16H2,1H3,(H,23,27). The Kier molecular flexibility index (Phi) is 5.88. The van der Waals surface area contributed by atoms with Crippen molar-refractivity contribution in [2.75, 3.05) is 32.8 Å². The van der Waals surface area contributed by atoms with E-state index in [1.807, 2.05) is 10.9 Å². The lowest BCUT2D eigenvalue weighted by Gasteiger charge is -2.25. The molecule has 1 atom stereocenters. The van der Waals surface area contributed by atoms with Gasteiger partial charge in [0, 0.05) is 38.0 Å². The zero-order valence-electron chi connectivity index (χ0n) is 16.4. The summed E-state index contributed by atoms with van der Waals surface area (Å²) in [5.41, 5.74) is 4.77. The highest BCUT2D eigenvalue weighted by atomic mass is 16.5. The van der Waals surface area contributed by atoms with Gasteiger partial charge in [-0.05, 0) is 43.9 Å². The van der Waals surface area contributed by atoms with Crippen molar-refractivity contribution in [1.29, 1.82) is 0 Å². The first-order valence-electron chi connectivity index (χ1n) is 10.1. The van der Waals surface area contributed by atoms with E-state index in [4.69, 9.17) is 4.74 Å². The van der Waals surface area contributed by atoms with Crippen LogP contribution in [0.1, 0.15) is 30.4 Å². The van der Waals surface area contributed by atoms with Crippen LogP contribution in [0.2, 0.25) is 0 Å². The Morgan fingerprint density at radius 1 is 1.32 bits per heavy atom. The Labute approximate surface area is 166 Å². The van der Waals surface area contributed by atoms with E-state index in [1.165, 1.54) is 11.1 Å². The Morgan fingerprint density at radius 3 is 2.89 bits per heavy atom. The SMILES string of the molecule is Cc1ccc(-n2cc(C3=CCN(CC(=O)NCC4CCCO4)CC3)cn2)cc1. The summed E-state index contributed by atoms with van der Waals surface area (Å²) < 4.78 is 7.47. The molecule has 0 radical (unpaired) electrons. The fourth-order valence-corrected chi connectivity index (χ4v) is 3.74. The van der Waals surface area contributed by atoms with Gasteiger partial charge in [-0.2, -0.15) is 5.10 Å².